The molecule has 0 aliphatic carbocycles. The standard InChI is InChI=1S/C21H22F3N.C5H12.CH5N/c1-14-8-4-6-10-18(14)19(15(2)16(3)25)13-12-17-9-5-7-11-20(17)21(22,23)24;1-3-5-4-2;1-2/h4-11,13H,12,25H2,1-3H3;3-5H2,1-2H3;2H2,1H3/b16-15-,19-13+;;. The number of rotatable bonds is 6. The summed E-state index contributed by atoms with van der Waals surface area (Å²) in [6.07, 6.45) is 1.73. The van der Waals surface area contributed by atoms with Crippen LogP contribution in [0.2, 0.25) is 0 Å². The zero-order valence-electron chi connectivity index (χ0n) is 20.3. The van der Waals surface area contributed by atoms with E-state index in [9.17, 15) is 13.2 Å². The van der Waals surface area contributed by atoms with Crippen molar-refractivity contribution in [1.82, 2.24) is 0 Å². The molecule has 178 valence electrons. The molecule has 0 saturated carbocycles. The number of halogens is 3. The van der Waals surface area contributed by atoms with Crippen LogP contribution in [-0.2, 0) is 12.6 Å². The molecule has 0 aliphatic rings. The first kappa shape index (κ1) is 29.5. The highest BCUT2D eigenvalue weighted by molar-refractivity contribution is 5.80. The highest BCUT2D eigenvalue weighted by Gasteiger charge is 2.32. The zero-order chi connectivity index (χ0) is 24.7. The van der Waals surface area contributed by atoms with Crippen molar-refractivity contribution < 1.29 is 13.2 Å². The van der Waals surface area contributed by atoms with Gasteiger partial charge in [-0.1, -0.05) is 81.7 Å². The van der Waals surface area contributed by atoms with Crippen molar-refractivity contribution in [3.63, 3.8) is 0 Å². The van der Waals surface area contributed by atoms with Crippen LogP contribution in [0.15, 0.2) is 65.9 Å². The fourth-order valence-electron chi connectivity index (χ4n) is 3.09. The van der Waals surface area contributed by atoms with Gasteiger partial charge in [0.2, 0.25) is 0 Å². The second-order valence-corrected chi connectivity index (χ2v) is 7.45. The van der Waals surface area contributed by atoms with E-state index in [1.807, 2.05) is 44.2 Å². The fraction of sp³-hybridized carbons (Fsp3) is 0.407. The van der Waals surface area contributed by atoms with Gasteiger partial charge in [0.05, 0.1) is 5.56 Å². The normalized spacial score (nSPS) is 12.1. The van der Waals surface area contributed by atoms with Crippen molar-refractivity contribution in [3.05, 3.63) is 88.1 Å². The van der Waals surface area contributed by atoms with Gasteiger partial charge in [0, 0.05) is 5.70 Å². The van der Waals surface area contributed by atoms with Crippen LogP contribution < -0.4 is 11.5 Å². The van der Waals surface area contributed by atoms with Crippen LogP contribution >= 0.6 is 0 Å². The number of unbranched alkanes of at least 4 members (excludes halogenated alkanes) is 2. The Hall–Kier alpha value is -2.53. The summed E-state index contributed by atoms with van der Waals surface area (Å²) in [7, 11) is 1.50. The first-order valence-corrected chi connectivity index (χ1v) is 11.1. The lowest BCUT2D eigenvalue weighted by molar-refractivity contribution is -0.138. The third-order valence-electron chi connectivity index (χ3n) is 4.99. The van der Waals surface area contributed by atoms with Gasteiger partial charge in [-0.3, -0.25) is 0 Å². The summed E-state index contributed by atoms with van der Waals surface area (Å²) < 4.78 is 39.6. The average molecular weight is 449 g/mol. The lowest BCUT2D eigenvalue weighted by Gasteiger charge is -2.15. The summed E-state index contributed by atoms with van der Waals surface area (Å²) in [6, 6.07) is 13.5. The third-order valence-corrected chi connectivity index (χ3v) is 4.99. The van der Waals surface area contributed by atoms with Crippen LogP contribution in [0.4, 0.5) is 13.2 Å². The van der Waals surface area contributed by atoms with E-state index in [0.29, 0.717) is 5.70 Å². The molecule has 0 spiro atoms. The number of hydrogen-bond acceptors (Lipinski definition) is 2. The lowest BCUT2D eigenvalue weighted by Crippen LogP contribution is -2.08. The molecule has 0 unspecified atom stereocenters. The molecule has 0 aliphatic heterocycles. The molecular weight excluding hydrogens is 409 g/mol. The summed E-state index contributed by atoms with van der Waals surface area (Å²) in [6.45, 7) is 10.1. The van der Waals surface area contributed by atoms with Crippen LogP contribution in [0.5, 0.6) is 0 Å². The lowest BCUT2D eigenvalue weighted by atomic mass is 9.92. The number of alkyl halides is 3. The van der Waals surface area contributed by atoms with Gasteiger partial charge < -0.3 is 11.5 Å². The number of allylic oxidation sites excluding steroid dienone is 4. The van der Waals surface area contributed by atoms with Crippen LogP contribution in [0, 0.1) is 6.92 Å². The number of benzene rings is 2. The van der Waals surface area contributed by atoms with E-state index in [1.165, 1.54) is 38.4 Å². The molecule has 0 aromatic heterocycles. The van der Waals surface area contributed by atoms with Crippen molar-refractivity contribution in [1.29, 1.82) is 0 Å². The largest absolute Gasteiger partial charge is 0.416 e. The zero-order valence-corrected chi connectivity index (χ0v) is 20.3. The maximum Gasteiger partial charge on any atom is 0.416 e. The monoisotopic (exact) mass is 448 g/mol. The molecule has 2 nitrogen and oxygen atoms in total. The minimum Gasteiger partial charge on any atom is -0.402 e. The Morgan fingerprint density at radius 1 is 0.906 bits per heavy atom. The highest BCUT2D eigenvalue weighted by Crippen LogP contribution is 2.33. The van der Waals surface area contributed by atoms with Gasteiger partial charge in [-0.05, 0) is 68.1 Å². The fourth-order valence-corrected chi connectivity index (χ4v) is 3.09. The Kier molecular flexibility index (Phi) is 14.1. The number of nitrogens with two attached hydrogens (primary N) is 2. The summed E-state index contributed by atoms with van der Waals surface area (Å²) in [5.74, 6) is 0. The molecule has 0 saturated heterocycles. The summed E-state index contributed by atoms with van der Waals surface area (Å²) >= 11 is 0. The van der Waals surface area contributed by atoms with Crippen LogP contribution in [0.3, 0.4) is 0 Å². The second kappa shape index (κ2) is 15.3. The highest BCUT2D eigenvalue weighted by atomic mass is 19.4. The molecule has 0 heterocycles. The predicted molar refractivity (Wildman–Crippen MR) is 132 cm³/mol. The molecule has 4 N–H and O–H groups in total. The van der Waals surface area contributed by atoms with E-state index in [0.717, 1.165) is 28.3 Å². The Morgan fingerprint density at radius 3 is 1.91 bits per heavy atom. The molecule has 0 radical (unpaired) electrons. The molecule has 2 aromatic rings. The Labute approximate surface area is 192 Å². The van der Waals surface area contributed by atoms with E-state index in [4.69, 9.17) is 5.73 Å². The van der Waals surface area contributed by atoms with Gasteiger partial charge in [-0.2, -0.15) is 13.2 Å². The third kappa shape index (κ3) is 9.73. The Bertz CT molecular complexity index is 859. The summed E-state index contributed by atoms with van der Waals surface area (Å²) in [4.78, 5) is 0. The van der Waals surface area contributed by atoms with Crippen molar-refractivity contribution >= 4 is 5.57 Å². The first-order chi connectivity index (χ1) is 15.1. The van der Waals surface area contributed by atoms with E-state index in [-0.39, 0.29) is 12.0 Å². The molecule has 0 bridgehead atoms. The first-order valence-electron chi connectivity index (χ1n) is 11.1. The Morgan fingerprint density at radius 2 is 1.44 bits per heavy atom. The molecular formula is C27H39F3N2. The van der Waals surface area contributed by atoms with E-state index in [2.05, 4.69) is 19.6 Å². The molecule has 2 rings (SSSR count). The van der Waals surface area contributed by atoms with Gasteiger partial charge in [0.1, 0.15) is 0 Å². The van der Waals surface area contributed by atoms with Gasteiger partial charge in [0.25, 0.3) is 0 Å². The molecule has 5 heteroatoms. The van der Waals surface area contributed by atoms with Crippen LogP contribution in [-0.4, -0.2) is 7.05 Å². The van der Waals surface area contributed by atoms with Crippen LogP contribution in [0.1, 0.15) is 69.2 Å². The quantitative estimate of drug-likeness (QED) is 0.446. The molecule has 0 amide bonds. The van der Waals surface area contributed by atoms with Gasteiger partial charge in [-0.15, -0.1) is 0 Å². The second-order valence-electron chi connectivity index (χ2n) is 7.45. The maximum absolute atomic E-state index is 13.2. The predicted octanol–water partition coefficient (Wildman–Crippen LogP) is 7.66. The number of aryl methyl sites for hydroxylation is 1. The van der Waals surface area contributed by atoms with E-state index in [1.54, 1.807) is 13.0 Å². The van der Waals surface area contributed by atoms with E-state index < -0.39 is 11.7 Å². The minimum atomic E-state index is -4.36. The molecule has 32 heavy (non-hydrogen) atoms. The van der Waals surface area contributed by atoms with Crippen LogP contribution in [0.25, 0.3) is 5.57 Å². The smallest absolute Gasteiger partial charge is 0.402 e. The maximum atomic E-state index is 13.2. The molecule has 0 fully saturated rings. The molecule has 0 atom stereocenters. The van der Waals surface area contributed by atoms with Crippen molar-refractivity contribution in [2.45, 2.75) is 66.5 Å². The average Bonchev–Trinajstić information content (AvgIpc) is 2.77. The molecule has 2 aromatic carbocycles. The minimum absolute atomic E-state index is 0.184. The van der Waals surface area contributed by atoms with Gasteiger partial charge in [-0.25, -0.2) is 0 Å². The SMILES string of the molecule is C/C(N)=C(C)/C(=C\Cc1ccccc1C(F)(F)F)c1ccccc1C.CCCCC.CN. The van der Waals surface area contributed by atoms with E-state index >= 15 is 0 Å². The summed E-state index contributed by atoms with van der Waals surface area (Å²) in [5, 5.41) is 0. The number of hydrogen-bond donors (Lipinski definition) is 2. The van der Waals surface area contributed by atoms with Crippen molar-refractivity contribution in [2.75, 3.05) is 7.05 Å². The van der Waals surface area contributed by atoms with Crippen molar-refractivity contribution in [3.8, 4) is 0 Å². The summed E-state index contributed by atoms with van der Waals surface area (Å²) in [5.41, 5.74) is 14.5. The van der Waals surface area contributed by atoms with Crippen molar-refractivity contribution in [2.24, 2.45) is 11.5 Å². The van der Waals surface area contributed by atoms with Gasteiger partial charge in [0.15, 0.2) is 0 Å². The topological polar surface area (TPSA) is 52.0 Å². The van der Waals surface area contributed by atoms with Gasteiger partial charge >= 0.3 is 6.18 Å². The Balaban J connectivity index is 0.00000121.